The molecule has 0 aromatic carbocycles. The highest BCUT2D eigenvalue weighted by Gasteiger charge is 2.30. The van der Waals surface area contributed by atoms with Gasteiger partial charge >= 0.3 is 0 Å². The van der Waals surface area contributed by atoms with Gasteiger partial charge in [0.05, 0.1) is 5.60 Å². The lowest BCUT2D eigenvalue weighted by Gasteiger charge is -2.20. The van der Waals surface area contributed by atoms with Gasteiger partial charge in [-0.2, -0.15) is 11.3 Å². The van der Waals surface area contributed by atoms with Crippen LogP contribution in [0.3, 0.4) is 0 Å². The molecule has 1 aliphatic carbocycles. The van der Waals surface area contributed by atoms with Gasteiger partial charge in [-0.15, -0.1) is 0 Å². The molecule has 2 heteroatoms. The molecule has 1 saturated carbocycles. The molecule has 12 heavy (non-hydrogen) atoms. The first-order chi connectivity index (χ1) is 5.79. The summed E-state index contributed by atoms with van der Waals surface area (Å²) in [6, 6.07) is 2.11. The fourth-order valence-corrected chi connectivity index (χ4v) is 2.65. The van der Waals surface area contributed by atoms with Crippen LogP contribution in [0.15, 0.2) is 16.8 Å². The van der Waals surface area contributed by atoms with E-state index in [0.29, 0.717) is 0 Å². The third kappa shape index (κ3) is 1.70. The van der Waals surface area contributed by atoms with Crippen LogP contribution >= 0.6 is 11.3 Å². The second kappa shape index (κ2) is 3.19. The fraction of sp³-hybridized carbons (Fsp3) is 0.600. The molecule has 1 fully saturated rings. The van der Waals surface area contributed by atoms with Gasteiger partial charge in [0.15, 0.2) is 0 Å². The van der Waals surface area contributed by atoms with E-state index in [1.165, 1.54) is 18.4 Å². The highest BCUT2D eigenvalue weighted by Crippen LogP contribution is 2.32. The third-order valence-corrected chi connectivity index (χ3v) is 3.38. The molecule has 1 aromatic heterocycles. The zero-order valence-corrected chi connectivity index (χ0v) is 7.94. The Hall–Kier alpha value is -0.340. The fourth-order valence-electron chi connectivity index (χ4n) is 1.98. The lowest BCUT2D eigenvalue weighted by atomic mass is 9.95. The molecule has 0 unspecified atom stereocenters. The monoisotopic (exact) mass is 182 g/mol. The van der Waals surface area contributed by atoms with Crippen molar-refractivity contribution in [3.05, 3.63) is 22.4 Å². The van der Waals surface area contributed by atoms with E-state index in [1.54, 1.807) is 11.3 Å². The van der Waals surface area contributed by atoms with Crippen LogP contribution < -0.4 is 0 Å². The number of hydrogen-bond donors (Lipinski definition) is 1. The maximum Gasteiger partial charge on any atom is 0.0688 e. The molecule has 1 N–H and O–H groups in total. The highest BCUT2D eigenvalue weighted by molar-refractivity contribution is 7.07. The van der Waals surface area contributed by atoms with Crippen LogP contribution in [0.2, 0.25) is 0 Å². The molecule has 0 bridgehead atoms. The number of aliphatic hydroxyl groups is 1. The van der Waals surface area contributed by atoms with Crippen LogP contribution in [-0.4, -0.2) is 10.7 Å². The van der Waals surface area contributed by atoms with Crippen molar-refractivity contribution in [2.75, 3.05) is 0 Å². The molecule has 0 aliphatic heterocycles. The molecule has 66 valence electrons. The number of thiophene rings is 1. The van der Waals surface area contributed by atoms with Gasteiger partial charge in [-0.3, -0.25) is 0 Å². The van der Waals surface area contributed by atoms with Crippen LogP contribution in [0.25, 0.3) is 0 Å². The average molecular weight is 182 g/mol. The van der Waals surface area contributed by atoms with Gasteiger partial charge in [-0.25, -0.2) is 0 Å². The van der Waals surface area contributed by atoms with Crippen LogP contribution in [0.4, 0.5) is 0 Å². The van der Waals surface area contributed by atoms with Crippen molar-refractivity contribution in [3.63, 3.8) is 0 Å². The summed E-state index contributed by atoms with van der Waals surface area (Å²) in [7, 11) is 0. The van der Waals surface area contributed by atoms with Crippen molar-refractivity contribution >= 4 is 11.3 Å². The Morgan fingerprint density at radius 3 is 2.75 bits per heavy atom. The topological polar surface area (TPSA) is 20.2 Å². The van der Waals surface area contributed by atoms with Crippen molar-refractivity contribution in [2.24, 2.45) is 0 Å². The number of rotatable bonds is 2. The van der Waals surface area contributed by atoms with E-state index in [2.05, 4.69) is 16.8 Å². The second-order valence-corrected chi connectivity index (χ2v) is 4.52. The van der Waals surface area contributed by atoms with Crippen LogP contribution in [0, 0.1) is 0 Å². The minimum Gasteiger partial charge on any atom is -0.390 e. The SMILES string of the molecule is OC1(Cc2ccsc2)CCCC1. The first kappa shape index (κ1) is 8.27. The first-order valence-electron chi connectivity index (χ1n) is 4.52. The van der Waals surface area contributed by atoms with Gasteiger partial charge < -0.3 is 5.11 Å². The van der Waals surface area contributed by atoms with E-state index in [1.807, 2.05) is 0 Å². The normalized spacial score (nSPS) is 21.4. The van der Waals surface area contributed by atoms with Crippen molar-refractivity contribution in [1.82, 2.24) is 0 Å². The molecule has 0 saturated heterocycles. The third-order valence-electron chi connectivity index (χ3n) is 2.65. The molecule has 1 aromatic rings. The van der Waals surface area contributed by atoms with Crippen molar-refractivity contribution in [3.8, 4) is 0 Å². The summed E-state index contributed by atoms with van der Waals surface area (Å²) >= 11 is 1.71. The Balaban J connectivity index is 2.02. The summed E-state index contributed by atoms with van der Waals surface area (Å²) in [5.41, 5.74) is 0.922. The van der Waals surface area contributed by atoms with E-state index in [0.717, 1.165) is 19.3 Å². The molecule has 0 amide bonds. The maximum absolute atomic E-state index is 10.1. The molecule has 1 nitrogen and oxygen atoms in total. The molecule has 1 heterocycles. The lowest BCUT2D eigenvalue weighted by Crippen LogP contribution is -2.26. The van der Waals surface area contributed by atoms with Crippen molar-refractivity contribution in [1.29, 1.82) is 0 Å². The van der Waals surface area contributed by atoms with E-state index in [-0.39, 0.29) is 5.60 Å². The molecule has 0 atom stereocenters. The minimum atomic E-state index is -0.374. The van der Waals surface area contributed by atoms with Crippen molar-refractivity contribution < 1.29 is 5.11 Å². The van der Waals surface area contributed by atoms with Gasteiger partial charge in [-0.1, -0.05) is 12.8 Å². The molecular formula is C10H14OS. The summed E-state index contributed by atoms with van der Waals surface area (Å²) in [6.07, 6.45) is 5.23. The van der Waals surface area contributed by atoms with Crippen LogP contribution in [-0.2, 0) is 6.42 Å². The van der Waals surface area contributed by atoms with Crippen LogP contribution in [0.5, 0.6) is 0 Å². The summed E-state index contributed by atoms with van der Waals surface area (Å²) < 4.78 is 0. The largest absolute Gasteiger partial charge is 0.390 e. The van der Waals surface area contributed by atoms with Gasteiger partial charge in [0.25, 0.3) is 0 Å². The molecule has 0 radical (unpaired) electrons. The highest BCUT2D eigenvalue weighted by atomic mass is 32.1. The van der Waals surface area contributed by atoms with E-state index >= 15 is 0 Å². The van der Waals surface area contributed by atoms with E-state index in [9.17, 15) is 5.11 Å². The van der Waals surface area contributed by atoms with E-state index < -0.39 is 0 Å². The summed E-state index contributed by atoms with van der Waals surface area (Å²) in [5.74, 6) is 0. The molecular weight excluding hydrogens is 168 g/mol. The Kier molecular flexibility index (Phi) is 2.20. The Labute approximate surface area is 77.0 Å². The predicted molar refractivity (Wildman–Crippen MR) is 51.4 cm³/mol. The molecule has 1 aliphatic rings. The van der Waals surface area contributed by atoms with Gasteiger partial charge in [-0.05, 0) is 35.2 Å². The van der Waals surface area contributed by atoms with Crippen molar-refractivity contribution in [2.45, 2.75) is 37.7 Å². The lowest BCUT2D eigenvalue weighted by molar-refractivity contribution is 0.0483. The molecule has 2 rings (SSSR count). The maximum atomic E-state index is 10.1. The quantitative estimate of drug-likeness (QED) is 0.745. The predicted octanol–water partition coefficient (Wildman–Crippen LogP) is 2.60. The smallest absolute Gasteiger partial charge is 0.0688 e. The Morgan fingerprint density at radius 2 is 2.17 bits per heavy atom. The summed E-state index contributed by atoms with van der Waals surface area (Å²) in [4.78, 5) is 0. The van der Waals surface area contributed by atoms with E-state index in [4.69, 9.17) is 0 Å². The Bertz CT molecular complexity index is 234. The average Bonchev–Trinajstić information content (AvgIpc) is 2.62. The van der Waals surface area contributed by atoms with Gasteiger partial charge in [0.2, 0.25) is 0 Å². The summed E-state index contributed by atoms with van der Waals surface area (Å²) in [6.45, 7) is 0. The second-order valence-electron chi connectivity index (χ2n) is 3.74. The van der Waals surface area contributed by atoms with Gasteiger partial charge in [0.1, 0.15) is 0 Å². The standard InChI is InChI=1S/C10H14OS/c11-10(4-1-2-5-10)7-9-3-6-12-8-9/h3,6,8,11H,1-2,4-5,7H2. The van der Waals surface area contributed by atoms with Gasteiger partial charge in [0, 0.05) is 6.42 Å². The molecule has 0 spiro atoms. The summed E-state index contributed by atoms with van der Waals surface area (Å²) in [5, 5.41) is 14.3. The zero-order chi connectivity index (χ0) is 8.44. The Morgan fingerprint density at radius 1 is 1.42 bits per heavy atom. The van der Waals surface area contributed by atoms with Crippen LogP contribution in [0.1, 0.15) is 31.2 Å². The first-order valence-corrected chi connectivity index (χ1v) is 5.46. The minimum absolute atomic E-state index is 0.374. The number of hydrogen-bond acceptors (Lipinski definition) is 2. The zero-order valence-electron chi connectivity index (χ0n) is 7.12.